The van der Waals surface area contributed by atoms with Gasteiger partial charge in [0.1, 0.15) is 5.82 Å². The van der Waals surface area contributed by atoms with E-state index in [0.29, 0.717) is 0 Å². The summed E-state index contributed by atoms with van der Waals surface area (Å²) in [6.45, 7) is 2.12. The first kappa shape index (κ1) is 12.4. The Morgan fingerprint density at radius 1 is 0.870 bits per heavy atom. The molecule has 23 heavy (non-hydrogen) atoms. The second-order valence-electron chi connectivity index (χ2n) is 6.05. The van der Waals surface area contributed by atoms with E-state index in [9.17, 15) is 0 Å². The zero-order valence-corrected chi connectivity index (χ0v) is 12.7. The fourth-order valence-corrected chi connectivity index (χ4v) is 3.28. The fourth-order valence-electron chi connectivity index (χ4n) is 3.28. The van der Waals surface area contributed by atoms with Crippen molar-refractivity contribution in [2.45, 2.75) is 6.92 Å². The molecule has 0 saturated carbocycles. The molecule has 0 atom stereocenters. The van der Waals surface area contributed by atoms with Gasteiger partial charge in [-0.2, -0.15) is 0 Å². The molecule has 0 saturated heterocycles. The minimum Gasteiger partial charge on any atom is -0.361 e. The smallest absolute Gasteiger partial charge is 0.132 e. The van der Waals surface area contributed by atoms with Crippen LogP contribution in [0.2, 0.25) is 0 Å². The van der Waals surface area contributed by atoms with Crippen molar-refractivity contribution in [1.82, 2.24) is 15.2 Å². The average Bonchev–Trinajstić information content (AvgIpc) is 3.23. The van der Waals surface area contributed by atoms with Gasteiger partial charge < -0.3 is 10.3 Å². The Hall–Kier alpha value is -3.14. The molecular weight excluding hydrogens is 284 g/mol. The molecule has 0 spiro atoms. The molecule has 5 rings (SSSR count). The van der Waals surface area contributed by atoms with Crippen LogP contribution in [0.15, 0.2) is 54.7 Å². The molecule has 3 aromatic rings. The number of hydrogen-bond acceptors (Lipinski definition) is 1. The number of rotatable bonds is 2. The number of benzene rings is 2. The number of anilines is 2. The Balaban J connectivity index is 1.59. The van der Waals surface area contributed by atoms with Gasteiger partial charge in [-0.3, -0.25) is 10.2 Å². The van der Waals surface area contributed by atoms with Crippen molar-refractivity contribution in [1.29, 1.82) is 0 Å². The van der Waals surface area contributed by atoms with Crippen LogP contribution < -0.4 is 5.32 Å². The molecule has 4 heteroatoms. The highest BCUT2D eigenvalue weighted by molar-refractivity contribution is 6.04. The van der Waals surface area contributed by atoms with Crippen LogP contribution in [-0.4, -0.2) is 15.2 Å². The van der Waals surface area contributed by atoms with Gasteiger partial charge in [-0.15, -0.1) is 0 Å². The van der Waals surface area contributed by atoms with Gasteiger partial charge in [0.2, 0.25) is 0 Å². The van der Waals surface area contributed by atoms with E-state index in [2.05, 4.69) is 76.0 Å². The number of aryl methyl sites for hydroxylation is 1. The van der Waals surface area contributed by atoms with Crippen molar-refractivity contribution < 1.29 is 0 Å². The summed E-state index contributed by atoms with van der Waals surface area (Å²) in [5, 5.41) is 13.7. The van der Waals surface area contributed by atoms with Crippen LogP contribution in [-0.2, 0) is 0 Å². The molecule has 2 aliphatic rings. The number of aromatic nitrogens is 3. The van der Waals surface area contributed by atoms with Gasteiger partial charge in [0, 0.05) is 33.7 Å². The predicted molar refractivity (Wildman–Crippen MR) is 95.6 cm³/mol. The topological polar surface area (TPSA) is 59.4 Å². The molecule has 0 amide bonds. The van der Waals surface area contributed by atoms with Crippen molar-refractivity contribution in [3.8, 4) is 11.3 Å². The van der Waals surface area contributed by atoms with Gasteiger partial charge in [-0.05, 0) is 48.7 Å². The molecule has 112 valence electrons. The maximum Gasteiger partial charge on any atom is 0.132 e. The summed E-state index contributed by atoms with van der Waals surface area (Å²) in [5.74, 6) is 0.990. The predicted octanol–water partition coefficient (Wildman–Crippen LogP) is 5.13. The molecule has 2 heterocycles. The summed E-state index contributed by atoms with van der Waals surface area (Å²) in [6, 6.07) is 17.2. The van der Waals surface area contributed by atoms with Gasteiger partial charge >= 0.3 is 0 Å². The lowest BCUT2D eigenvalue weighted by molar-refractivity contribution is 1.11. The number of fused-ring (bicyclic) bond motifs is 4. The zero-order chi connectivity index (χ0) is 15.4. The molecule has 0 fully saturated rings. The molecular formula is C19H16N4. The van der Waals surface area contributed by atoms with Gasteiger partial charge in [-0.25, -0.2) is 0 Å². The van der Waals surface area contributed by atoms with Crippen LogP contribution in [0, 0.1) is 6.92 Å². The van der Waals surface area contributed by atoms with Crippen molar-refractivity contribution in [3.05, 3.63) is 60.3 Å². The molecule has 4 N–H and O–H groups in total. The third-order valence-corrected chi connectivity index (χ3v) is 4.45. The van der Waals surface area contributed by atoms with E-state index < -0.39 is 0 Å². The van der Waals surface area contributed by atoms with Crippen LogP contribution >= 0.6 is 0 Å². The Morgan fingerprint density at radius 2 is 1.83 bits per heavy atom. The number of H-pyrrole nitrogens is 3. The van der Waals surface area contributed by atoms with E-state index in [0.717, 1.165) is 22.7 Å². The summed E-state index contributed by atoms with van der Waals surface area (Å²) >= 11 is 0. The lowest BCUT2D eigenvalue weighted by atomic mass is 10.1. The van der Waals surface area contributed by atoms with Gasteiger partial charge in [-0.1, -0.05) is 17.7 Å². The van der Waals surface area contributed by atoms with Crippen LogP contribution in [0.5, 0.6) is 0 Å². The third kappa shape index (κ3) is 1.85. The van der Waals surface area contributed by atoms with Crippen molar-refractivity contribution in [2.75, 3.05) is 5.32 Å². The van der Waals surface area contributed by atoms with E-state index in [1.807, 2.05) is 6.20 Å². The van der Waals surface area contributed by atoms with Crippen LogP contribution in [0.1, 0.15) is 5.56 Å². The standard InChI is InChI=1S/C19H16N4/c1-11-2-3-12-10-16-18(15(12)8-11)22-23-19(16)21-14-4-5-17-13(9-14)6-7-20-17/h2-10,20-23H,1H3. The number of aromatic amines is 3. The molecule has 0 bridgehead atoms. The normalized spacial score (nSPS) is 11.7. The Labute approximate surface area is 132 Å². The van der Waals surface area contributed by atoms with Gasteiger partial charge in [0.15, 0.2) is 0 Å². The molecule has 0 radical (unpaired) electrons. The van der Waals surface area contributed by atoms with Crippen molar-refractivity contribution in [3.63, 3.8) is 0 Å². The summed E-state index contributed by atoms with van der Waals surface area (Å²) in [5.41, 5.74) is 5.81. The van der Waals surface area contributed by atoms with Gasteiger partial charge in [0.05, 0.1) is 5.69 Å². The number of hydrogen-bond donors (Lipinski definition) is 4. The Morgan fingerprint density at radius 3 is 2.78 bits per heavy atom. The lowest BCUT2D eigenvalue weighted by Crippen LogP contribution is -1.91. The van der Waals surface area contributed by atoms with Crippen LogP contribution in [0.3, 0.4) is 0 Å². The average molecular weight is 300 g/mol. The second kappa shape index (κ2) is 4.43. The highest BCUT2D eigenvalue weighted by Crippen LogP contribution is 2.38. The second-order valence-corrected chi connectivity index (χ2v) is 6.05. The first-order valence-electron chi connectivity index (χ1n) is 7.71. The van der Waals surface area contributed by atoms with E-state index in [4.69, 9.17) is 0 Å². The largest absolute Gasteiger partial charge is 0.361 e. The SMILES string of the molecule is Cc1ccc2cc3c(Nc4ccc5[nH]ccc5c4)[nH][nH]c-3c2c1. The number of nitrogens with one attached hydrogen (secondary N) is 4. The minimum atomic E-state index is 0.990. The Kier molecular flexibility index (Phi) is 2.39. The first-order valence-corrected chi connectivity index (χ1v) is 7.71. The van der Waals surface area contributed by atoms with Crippen LogP contribution in [0.4, 0.5) is 11.5 Å². The highest BCUT2D eigenvalue weighted by atomic mass is 15.2. The van der Waals surface area contributed by atoms with Crippen molar-refractivity contribution >= 4 is 33.2 Å². The maximum atomic E-state index is 3.48. The highest BCUT2D eigenvalue weighted by Gasteiger charge is 2.16. The van der Waals surface area contributed by atoms with Crippen molar-refractivity contribution in [2.24, 2.45) is 0 Å². The quantitative estimate of drug-likeness (QED) is 0.359. The molecule has 1 aliphatic heterocycles. The lowest BCUT2D eigenvalue weighted by Gasteiger charge is -2.05. The van der Waals surface area contributed by atoms with E-state index >= 15 is 0 Å². The third-order valence-electron chi connectivity index (χ3n) is 4.45. The summed E-state index contributed by atoms with van der Waals surface area (Å²) in [6.07, 6.45) is 1.96. The summed E-state index contributed by atoms with van der Waals surface area (Å²) in [4.78, 5) is 3.22. The van der Waals surface area contributed by atoms with E-state index in [1.165, 1.54) is 27.3 Å². The monoisotopic (exact) mass is 300 g/mol. The van der Waals surface area contributed by atoms with E-state index in [1.54, 1.807) is 0 Å². The van der Waals surface area contributed by atoms with E-state index in [-0.39, 0.29) is 0 Å². The molecule has 2 aromatic carbocycles. The first-order chi connectivity index (χ1) is 11.3. The minimum absolute atomic E-state index is 0.990. The molecule has 0 unspecified atom stereocenters. The zero-order valence-electron chi connectivity index (χ0n) is 12.7. The summed E-state index contributed by atoms with van der Waals surface area (Å²) < 4.78 is 0. The fraction of sp³-hybridized carbons (Fsp3) is 0.0526. The molecule has 4 nitrogen and oxygen atoms in total. The molecule has 1 aromatic heterocycles. The van der Waals surface area contributed by atoms with Gasteiger partial charge in [0.25, 0.3) is 0 Å². The molecule has 1 aliphatic carbocycles. The summed E-state index contributed by atoms with van der Waals surface area (Å²) in [7, 11) is 0. The van der Waals surface area contributed by atoms with Crippen LogP contribution in [0.25, 0.3) is 32.9 Å². The maximum absolute atomic E-state index is 3.48. The Bertz CT molecular complexity index is 1110.